The zero-order chi connectivity index (χ0) is 20.5. The van der Waals surface area contributed by atoms with Crippen LogP contribution in [0.4, 0.5) is 11.4 Å². The molecule has 1 amide bonds. The Labute approximate surface area is 173 Å². The van der Waals surface area contributed by atoms with E-state index in [-0.39, 0.29) is 11.7 Å². The number of benzene rings is 3. The molecule has 2 N–H and O–H groups in total. The quantitative estimate of drug-likeness (QED) is 0.486. The molecule has 146 valence electrons. The summed E-state index contributed by atoms with van der Waals surface area (Å²) in [5.41, 5.74) is 5.13. The predicted molar refractivity (Wildman–Crippen MR) is 120 cm³/mol. The molecule has 0 aliphatic heterocycles. The summed E-state index contributed by atoms with van der Waals surface area (Å²) in [5.74, 6) is 0.0948. The van der Waals surface area contributed by atoms with E-state index in [1.165, 1.54) is 11.3 Å². The van der Waals surface area contributed by atoms with Crippen LogP contribution in [0.5, 0.6) is 5.75 Å². The summed E-state index contributed by atoms with van der Waals surface area (Å²) in [7, 11) is 3.84. The van der Waals surface area contributed by atoms with Crippen LogP contribution in [0.25, 0.3) is 20.8 Å². The molecule has 29 heavy (non-hydrogen) atoms. The fourth-order valence-electron chi connectivity index (χ4n) is 3.26. The number of phenols is 1. The number of rotatable bonds is 4. The first-order chi connectivity index (χ1) is 13.9. The van der Waals surface area contributed by atoms with Gasteiger partial charge in [0.05, 0.1) is 15.8 Å². The molecule has 0 saturated heterocycles. The van der Waals surface area contributed by atoms with Crippen LogP contribution >= 0.6 is 11.3 Å². The minimum Gasteiger partial charge on any atom is -0.508 e. The maximum Gasteiger partial charge on any atom is 0.257 e. The van der Waals surface area contributed by atoms with Crippen molar-refractivity contribution in [2.75, 3.05) is 24.3 Å². The number of fused-ring (bicyclic) bond motifs is 1. The van der Waals surface area contributed by atoms with Crippen molar-refractivity contribution in [1.82, 2.24) is 4.98 Å². The molecule has 1 heterocycles. The number of aromatic hydroxyl groups is 1. The monoisotopic (exact) mass is 403 g/mol. The summed E-state index contributed by atoms with van der Waals surface area (Å²) in [4.78, 5) is 19.4. The van der Waals surface area contributed by atoms with E-state index in [0.717, 1.165) is 37.7 Å². The predicted octanol–water partition coefficient (Wildman–Crippen LogP) is 5.30. The molecule has 6 heteroatoms. The van der Waals surface area contributed by atoms with Crippen LogP contribution in [0.15, 0.2) is 60.7 Å². The molecule has 0 bridgehead atoms. The van der Waals surface area contributed by atoms with Gasteiger partial charge < -0.3 is 15.3 Å². The molecule has 0 atom stereocenters. The molecule has 4 rings (SSSR count). The van der Waals surface area contributed by atoms with Gasteiger partial charge in [0.25, 0.3) is 5.91 Å². The van der Waals surface area contributed by atoms with Crippen LogP contribution in [0.3, 0.4) is 0 Å². The highest BCUT2D eigenvalue weighted by Gasteiger charge is 2.14. The highest BCUT2D eigenvalue weighted by Crippen LogP contribution is 2.34. The molecule has 0 radical (unpaired) electrons. The van der Waals surface area contributed by atoms with Gasteiger partial charge in [-0.3, -0.25) is 4.79 Å². The van der Waals surface area contributed by atoms with Gasteiger partial charge in [0.2, 0.25) is 0 Å². The third-order valence-electron chi connectivity index (χ3n) is 4.72. The Morgan fingerprint density at radius 2 is 1.86 bits per heavy atom. The Morgan fingerprint density at radius 1 is 1.07 bits per heavy atom. The standard InChI is InChI=1S/C23H21N3O2S/c1-14-12-15(24-22(28)18-6-4-5-7-20(18)26(2)3)8-10-17(14)23-25-19-11-9-16(27)13-21(19)29-23/h4-13,27H,1-3H3,(H,24,28). The van der Waals surface area contributed by atoms with Crippen molar-refractivity contribution in [2.45, 2.75) is 6.92 Å². The topological polar surface area (TPSA) is 65.5 Å². The smallest absolute Gasteiger partial charge is 0.257 e. The minimum absolute atomic E-state index is 0.142. The summed E-state index contributed by atoms with van der Waals surface area (Å²) in [5, 5.41) is 13.5. The first kappa shape index (κ1) is 19.0. The maximum absolute atomic E-state index is 12.8. The van der Waals surface area contributed by atoms with E-state index < -0.39 is 0 Å². The molecular formula is C23H21N3O2S. The average molecular weight is 404 g/mol. The number of aromatic nitrogens is 1. The van der Waals surface area contributed by atoms with Crippen molar-refractivity contribution in [3.8, 4) is 16.3 Å². The van der Waals surface area contributed by atoms with Gasteiger partial charge >= 0.3 is 0 Å². The molecule has 0 aliphatic rings. The molecular weight excluding hydrogens is 382 g/mol. The van der Waals surface area contributed by atoms with Crippen molar-refractivity contribution in [3.63, 3.8) is 0 Å². The number of nitrogens with zero attached hydrogens (tertiary/aromatic N) is 2. The molecule has 0 aliphatic carbocycles. The third kappa shape index (κ3) is 3.79. The van der Waals surface area contributed by atoms with Gasteiger partial charge in [-0.15, -0.1) is 11.3 Å². The van der Waals surface area contributed by atoms with Crippen molar-refractivity contribution >= 4 is 38.8 Å². The van der Waals surface area contributed by atoms with Gasteiger partial charge in [-0.1, -0.05) is 12.1 Å². The largest absolute Gasteiger partial charge is 0.508 e. The Balaban J connectivity index is 1.61. The Kier molecular flexibility index (Phi) is 4.94. The van der Waals surface area contributed by atoms with Crippen LogP contribution < -0.4 is 10.2 Å². The van der Waals surface area contributed by atoms with E-state index in [9.17, 15) is 9.90 Å². The SMILES string of the molecule is Cc1cc(NC(=O)c2ccccc2N(C)C)ccc1-c1nc2ccc(O)cc2s1. The lowest BCUT2D eigenvalue weighted by Crippen LogP contribution is -2.18. The number of carbonyl (C=O) groups excluding carboxylic acids is 1. The lowest BCUT2D eigenvalue weighted by atomic mass is 10.1. The van der Waals surface area contributed by atoms with Gasteiger partial charge in [0.15, 0.2) is 0 Å². The van der Waals surface area contributed by atoms with Crippen molar-refractivity contribution in [3.05, 3.63) is 71.8 Å². The average Bonchev–Trinajstić information content (AvgIpc) is 3.10. The number of anilines is 2. The van der Waals surface area contributed by atoms with Crippen LogP contribution in [0.2, 0.25) is 0 Å². The van der Waals surface area contributed by atoms with Crippen LogP contribution in [-0.4, -0.2) is 30.1 Å². The van der Waals surface area contributed by atoms with Gasteiger partial charge in [-0.2, -0.15) is 0 Å². The van der Waals surface area contributed by atoms with Crippen molar-refractivity contribution in [2.24, 2.45) is 0 Å². The highest BCUT2D eigenvalue weighted by atomic mass is 32.1. The van der Waals surface area contributed by atoms with Gasteiger partial charge in [0.1, 0.15) is 10.8 Å². The first-order valence-corrected chi connectivity index (χ1v) is 10.0. The Morgan fingerprint density at radius 3 is 2.62 bits per heavy atom. The number of amides is 1. The summed E-state index contributed by atoms with van der Waals surface area (Å²) in [6.45, 7) is 2.00. The number of phenolic OH excluding ortho intramolecular Hbond substituents is 1. The molecule has 5 nitrogen and oxygen atoms in total. The van der Waals surface area contributed by atoms with E-state index in [0.29, 0.717) is 5.56 Å². The zero-order valence-electron chi connectivity index (χ0n) is 16.4. The molecule has 3 aromatic carbocycles. The molecule has 0 saturated carbocycles. The normalized spacial score (nSPS) is 10.9. The number of aryl methyl sites for hydroxylation is 1. The number of nitrogens with one attached hydrogen (secondary N) is 1. The molecule has 0 fully saturated rings. The number of carbonyl (C=O) groups is 1. The number of hydrogen-bond acceptors (Lipinski definition) is 5. The van der Waals surface area contributed by atoms with E-state index in [2.05, 4.69) is 10.3 Å². The second kappa shape index (κ2) is 7.56. The second-order valence-corrected chi connectivity index (χ2v) is 8.10. The first-order valence-electron chi connectivity index (χ1n) is 9.20. The minimum atomic E-state index is -0.142. The Hall–Kier alpha value is -3.38. The Bertz CT molecular complexity index is 1210. The fraction of sp³-hybridized carbons (Fsp3) is 0.130. The van der Waals surface area contributed by atoms with E-state index in [1.54, 1.807) is 12.1 Å². The molecule has 0 spiro atoms. The molecule has 1 aromatic heterocycles. The fourth-order valence-corrected chi connectivity index (χ4v) is 4.35. The lowest BCUT2D eigenvalue weighted by molar-refractivity contribution is 0.102. The molecule has 4 aromatic rings. The van der Waals surface area contributed by atoms with Crippen LogP contribution in [-0.2, 0) is 0 Å². The van der Waals surface area contributed by atoms with Gasteiger partial charge in [0, 0.05) is 31.0 Å². The van der Waals surface area contributed by atoms with E-state index >= 15 is 0 Å². The van der Waals surface area contributed by atoms with Crippen LogP contribution in [0.1, 0.15) is 15.9 Å². The summed E-state index contributed by atoms with van der Waals surface area (Å²) < 4.78 is 0.942. The molecule has 0 unspecified atom stereocenters. The summed E-state index contributed by atoms with van der Waals surface area (Å²) >= 11 is 1.54. The van der Waals surface area contributed by atoms with Crippen molar-refractivity contribution in [1.29, 1.82) is 0 Å². The van der Waals surface area contributed by atoms with E-state index in [1.807, 2.05) is 74.4 Å². The van der Waals surface area contributed by atoms with Crippen molar-refractivity contribution < 1.29 is 9.90 Å². The number of hydrogen-bond donors (Lipinski definition) is 2. The van der Waals surface area contributed by atoms with Gasteiger partial charge in [-0.25, -0.2) is 4.98 Å². The lowest BCUT2D eigenvalue weighted by Gasteiger charge is -2.17. The van der Waals surface area contributed by atoms with Crippen LogP contribution in [0, 0.1) is 6.92 Å². The highest BCUT2D eigenvalue weighted by molar-refractivity contribution is 7.21. The zero-order valence-corrected chi connectivity index (χ0v) is 17.2. The van der Waals surface area contributed by atoms with E-state index in [4.69, 9.17) is 0 Å². The number of para-hydroxylation sites is 1. The third-order valence-corrected chi connectivity index (χ3v) is 5.77. The number of thiazole rings is 1. The van der Waals surface area contributed by atoms with Gasteiger partial charge in [-0.05, 0) is 61.0 Å². The summed E-state index contributed by atoms with van der Waals surface area (Å²) in [6.07, 6.45) is 0. The summed E-state index contributed by atoms with van der Waals surface area (Å²) in [6, 6.07) is 18.5. The maximum atomic E-state index is 12.8. The second-order valence-electron chi connectivity index (χ2n) is 7.07.